The Bertz CT molecular complexity index is 507. The molecule has 1 aromatic heterocycles. The van der Waals surface area contributed by atoms with E-state index in [4.69, 9.17) is 0 Å². The smallest absolute Gasteiger partial charge is 0.0323 e. The zero-order valence-corrected chi connectivity index (χ0v) is 13.9. The van der Waals surface area contributed by atoms with Gasteiger partial charge in [-0.2, -0.15) is 11.3 Å². The van der Waals surface area contributed by atoms with Crippen LogP contribution in [0.4, 0.5) is 0 Å². The van der Waals surface area contributed by atoms with Gasteiger partial charge in [0, 0.05) is 10.5 Å². The molecule has 2 aromatic rings. The molecule has 0 fully saturated rings. The fourth-order valence-electron chi connectivity index (χ4n) is 2.20. The minimum atomic E-state index is 0.432. The van der Waals surface area contributed by atoms with Crippen molar-refractivity contribution in [3.63, 3.8) is 0 Å². The van der Waals surface area contributed by atoms with E-state index in [-0.39, 0.29) is 0 Å². The maximum Gasteiger partial charge on any atom is 0.0323 e. The van der Waals surface area contributed by atoms with Crippen molar-refractivity contribution in [2.75, 3.05) is 6.54 Å². The van der Waals surface area contributed by atoms with Crippen LogP contribution < -0.4 is 5.32 Å². The first-order valence-corrected chi connectivity index (χ1v) is 8.44. The van der Waals surface area contributed by atoms with Crippen LogP contribution >= 0.6 is 27.3 Å². The molecule has 0 spiro atoms. The maximum atomic E-state index is 3.63. The molecule has 0 radical (unpaired) electrons. The molecular weight excluding hydrogens is 318 g/mol. The third-order valence-corrected chi connectivity index (χ3v) is 4.94. The number of aryl methyl sites for hydroxylation is 2. The zero-order chi connectivity index (χ0) is 13.7. The summed E-state index contributed by atoms with van der Waals surface area (Å²) in [6.45, 7) is 5.29. The summed E-state index contributed by atoms with van der Waals surface area (Å²) >= 11 is 5.41. The van der Waals surface area contributed by atoms with Crippen LogP contribution in [-0.2, 0) is 6.42 Å². The molecule has 1 unspecified atom stereocenters. The van der Waals surface area contributed by atoms with Crippen molar-refractivity contribution in [1.29, 1.82) is 0 Å². The van der Waals surface area contributed by atoms with E-state index >= 15 is 0 Å². The lowest BCUT2D eigenvalue weighted by Gasteiger charge is -2.19. The summed E-state index contributed by atoms with van der Waals surface area (Å²) in [6.07, 6.45) is 2.27. The number of hydrogen-bond donors (Lipinski definition) is 1. The van der Waals surface area contributed by atoms with Crippen LogP contribution in [0.2, 0.25) is 0 Å². The van der Waals surface area contributed by atoms with Gasteiger partial charge in [0.15, 0.2) is 0 Å². The Labute approximate surface area is 128 Å². The highest BCUT2D eigenvalue weighted by Crippen LogP contribution is 2.25. The number of thiophene rings is 1. The minimum Gasteiger partial charge on any atom is -0.310 e. The van der Waals surface area contributed by atoms with Crippen molar-refractivity contribution in [2.45, 2.75) is 32.7 Å². The lowest BCUT2D eigenvalue weighted by molar-refractivity contribution is 0.515. The van der Waals surface area contributed by atoms with E-state index in [1.807, 2.05) is 0 Å². The molecule has 0 saturated carbocycles. The number of halogens is 1. The van der Waals surface area contributed by atoms with Crippen molar-refractivity contribution in [3.8, 4) is 0 Å². The number of hydrogen-bond acceptors (Lipinski definition) is 2. The van der Waals surface area contributed by atoms with E-state index in [1.165, 1.54) is 21.2 Å². The van der Waals surface area contributed by atoms with Gasteiger partial charge in [-0.25, -0.2) is 0 Å². The topological polar surface area (TPSA) is 12.0 Å². The maximum absolute atomic E-state index is 3.63. The molecule has 1 aromatic carbocycles. The molecule has 1 heterocycles. The summed E-state index contributed by atoms with van der Waals surface area (Å²) in [5.74, 6) is 0. The van der Waals surface area contributed by atoms with E-state index in [1.54, 1.807) is 11.3 Å². The van der Waals surface area contributed by atoms with E-state index in [0.717, 1.165) is 19.4 Å². The molecule has 2 rings (SSSR count). The Morgan fingerprint density at radius 3 is 2.79 bits per heavy atom. The molecule has 0 aliphatic heterocycles. The van der Waals surface area contributed by atoms with Crippen molar-refractivity contribution >= 4 is 27.3 Å². The molecule has 0 amide bonds. The molecule has 102 valence electrons. The highest BCUT2D eigenvalue weighted by Gasteiger charge is 2.11. The number of nitrogens with one attached hydrogen (secondary N) is 1. The summed E-state index contributed by atoms with van der Waals surface area (Å²) in [6, 6.07) is 9.33. The second-order valence-corrected chi connectivity index (χ2v) is 6.42. The standard InChI is InChI=1S/C16H20BrNS/c1-3-18-16(7-5-13-8-9-19-11-13)14-6-4-12(2)15(17)10-14/h4,6,8-11,16,18H,3,5,7H2,1-2H3. The average Bonchev–Trinajstić information content (AvgIpc) is 2.91. The molecule has 0 saturated heterocycles. The first-order chi connectivity index (χ1) is 9.20. The Hall–Kier alpha value is -0.640. The van der Waals surface area contributed by atoms with E-state index < -0.39 is 0 Å². The molecule has 19 heavy (non-hydrogen) atoms. The normalized spacial score (nSPS) is 12.6. The van der Waals surface area contributed by atoms with Gasteiger partial charge in [-0.15, -0.1) is 0 Å². The SMILES string of the molecule is CCNC(CCc1ccsc1)c1ccc(C)c(Br)c1. The van der Waals surface area contributed by atoms with Crippen molar-refractivity contribution in [1.82, 2.24) is 5.32 Å². The molecular formula is C16H20BrNS. The quantitative estimate of drug-likeness (QED) is 0.772. The van der Waals surface area contributed by atoms with Crippen LogP contribution in [0.1, 0.15) is 36.1 Å². The predicted molar refractivity (Wildman–Crippen MR) is 87.9 cm³/mol. The number of benzene rings is 1. The fourth-order valence-corrected chi connectivity index (χ4v) is 3.30. The van der Waals surface area contributed by atoms with Crippen LogP contribution in [0.25, 0.3) is 0 Å². The third kappa shape index (κ3) is 4.16. The van der Waals surface area contributed by atoms with Crippen LogP contribution in [0.5, 0.6) is 0 Å². The van der Waals surface area contributed by atoms with Crippen molar-refractivity contribution < 1.29 is 0 Å². The Balaban J connectivity index is 2.07. The molecule has 0 aliphatic rings. The van der Waals surface area contributed by atoms with Gasteiger partial charge in [0.05, 0.1) is 0 Å². The molecule has 1 nitrogen and oxygen atoms in total. The first kappa shape index (κ1) is 14.8. The van der Waals surface area contributed by atoms with E-state index in [9.17, 15) is 0 Å². The van der Waals surface area contributed by atoms with E-state index in [0.29, 0.717) is 6.04 Å². The van der Waals surface area contributed by atoms with Crippen molar-refractivity contribution in [3.05, 3.63) is 56.2 Å². The Morgan fingerprint density at radius 1 is 1.32 bits per heavy atom. The minimum absolute atomic E-state index is 0.432. The molecule has 1 N–H and O–H groups in total. The second-order valence-electron chi connectivity index (χ2n) is 4.79. The van der Waals surface area contributed by atoms with Gasteiger partial charge in [0.25, 0.3) is 0 Å². The lowest BCUT2D eigenvalue weighted by Crippen LogP contribution is -2.21. The van der Waals surface area contributed by atoms with Gasteiger partial charge in [-0.1, -0.05) is 35.0 Å². The summed E-state index contributed by atoms with van der Waals surface area (Å²) in [4.78, 5) is 0. The van der Waals surface area contributed by atoms with Crippen molar-refractivity contribution in [2.24, 2.45) is 0 Å². The Kier molecular flexibility index (Phi) is 5.61. The molecule has 0 aliphatic carbocycles. The van der Waals surface area contributed by atoms with Gasteiger partial charge in [0.1, 0.15) is 0 Å². The Morgan fingerprint density at radius 2 is 2.16 bits per heavy atom. The highest BCUT2D eigenvalue weighted by atomic mass is 79.9. The van der Waals surface area contributed by atoms with Gasteiger partial charge in [-0.05, 0) is 65.9 Å². The summed E-state index contributed by atoms with van der Waals surface area (Å²) in [5.41, 5.74) is 4.10. The fraction of sp³-hybridized carbons (Fsp3) is 0.375. The molecule has 1 atom stereocenters. The summed E-state index contributed by atoms with van der Waals surface area (Å²) in [5, 5.41) is 7.99. The lowest BCUT2D eigenvalue weighted by atomic mass is 9.99. The second kappa shape index (κ2) is 7.22. The van der Waals surface area contributed by atoms with Crippen LogP contribution in [0, 0.1) is 6.92 Å². The number of rotatable bonds is 6. The van der Waals surface area contributed by atoms with Gasteiger partial charge < -0.3 is 5.32 Å². The average molecular weight is 338 g/mol. The summed E-state index contributed by atoms with van der Waals surface area (Å²) < 4.78 is 1.20. The monoisotopic (exact) mass is 337 g/mol. The van der Waals surface area contributed by atoms with Crippen LogP contribution in [0.3, 0.4) is 0 Å². The van der Waals surface area contributed by atoms with E-state index in [2.05, 4.69) is 70.1 Å². The summed E-state index contributed by atoms with van der Waals surface area (Å²) in [7, 11) is 0. The largest absolute Gasteiger partial charge is 0.310 e. The van der Waals surface area contributed by atoms with Gasteiger partial charge in [0.2, 0.25) is 0 Å². The molecule has 0 bridgehead atoms. The van der Waals surface area contributed by atoms with Crippen LogP contribution in [-0.4, -0.2) is 6.54 Å². The van der Waals surface area contributed by atoms with Crippen LogP contribution in [0.15, 0.2) is 39.5 Å². The molecule has 3 heteroatoms. The predicted octanol–water partition coefficient (Wildman–Crippen LogP) is 5.10. The highest BCUT2D eigenvalue weighted by molar-refractivity contribution is 9.10. The van der Waals surface area contributed by atoms with Gasteiger partial charge in [-0.3, -0.25) is 0 Å². The van der Waals surface area contributed by atoms with Gasteiger partial charge >= 0.3 is 0 Å². The third-order valence-electron chi connectivity index (χ3n) is 3.35. The zero-order valence-electron chi connectivity index (χ0n) is 11.4. The first-order valence-electron chi connectivity index (χ1n) is 6.71.